The number of nitrogens with zero attached hydrogens (tertiary/aromatic N) is 2. The molecule has 12 heteroatoms. The molecule has 3 atom stereocenters. The Hall–Kier alpha value is -2.24. The third-order valence-corrected chi connectivity index (χ3v) is 9.05. The number of unbranched alkanes of at least 4 members (excludes halogenated alkanes) is 7. The molecule has 0 bridgehead atoms. The van der Waals surface area contributed by atoms with Crippen LogP contribution in [0.2, 0.25) is 0 Å². The molecule has 0 aliphatic carbocycles. The summed E-state index contributed by atoms with van der Waals surface area (Å²) >= 11 is 1.59. The molecule has 1 aromatic heterocycles. The van der Waals surface area contributed by atoms with Gasteiger partial charge in [-0.2, -0.15) is 0 Å². The number of nitrogens with one attached hydrogen (secondary N) is 2. The summed E-state index contributed by atoms with van der Waals surface area (Å²) in [5, 5.41) is 16.3. The number of nitrogens with two attached hydrogens (primary N) is 1. The number of carbonyl (C=O) groups excluding carboxylic acids is 3. The Morgan fingerprint density at radius 3 is 2.18 bits per heavy atom. The van der Waals surface area contributed by atoms with Crippen molar-refractivity contribution in [2.45, 2.75) is 117 Å². The second-order valence-corrected chi connectivity index (χ2v) is 13.7. The number of aliphatic hydroxyl groups is 1. The average Bonchev–Trinajstić information content (AvgIpc) is 3.58. The van der Waals surface area contributed by atoms with Crippen molar-refractivity contribution < 1.29 is 19.5 Å². The predicted octanol–water partition coefficient (Wildman–Crippen LogP) is 5.54. The number of likely N-dealkylation sites (tertiary alicyclic amines) is 1. The Kier molecular flexibility index (Phi) is 18.2. The highest BCUT2D eigenvalue weighted by Crippen LogP contribution is 2.28. The lowest BCUT2D eigenvalue weighted by atomic mass is 9.85. The standard InChI is InChI=1S/C33H51N5O4S.2ClH/c1-23-29(43-22-36-23)25-16-14-24(15-17-25)20-35-31(41)27-19-26(39)21-38(27)32(42)30(33(2,3)4)37-28(40)13-11-9-7-5-6-8-10-12-18-34;;/h14-17,22,26-27,30,39H,5-13,18-21,34H2,1-4H3,(H,35,41)(H,37,40);2*1H/t26-,27+,30-;;/m1../s1. The number of halogens is 2. The Balaban J connectivity index is 0.00000506. The number of amides is 3. The summed E-state index contributed by atoms with van der Waals surface area (Å²) in [6, 6.07) is 6.36. The lowest BCUT2D eigenvalue weighted by Gasteiger charge is -2.35. The van der Waals surface area contributed by atoms with Crippen molar-refractivity contribution in [1.29, 1.82) is 0 Å². The molecule has 0 unspecified atom stereocenters. The Bertz CT molecular complexity index is 1190. The van der Waals surface area contributed by atoms with Gasteiger partial charge >= 0.3 is 0 Å². The van der Waals surface area contributed by atoms with Gasteiger partial charge in [0.1, 0.15) is 12.1 Å². The van der Waals surface area contributed by atoms with Gasteiger partial charge in [-0.25, -0.2) is 4.98 Å². The van der Waals surface area contributed by atoms with Crippen LogP contribution < -0.4 is 16.4 Å². The second kappa shape index (κ2) is 20.1. The number of aromatic nitrogens is 1. The van der Waals surface area contributed by atoms with Gasteiger partial charge in [-0.05, 0) is 42.9 Å². The summed E-state index contributed by atoms with van der Waals surface area (Å²) in [4.78, 5) is 46.8. The van der Waals surface area contributed by atoms with Crippen LogP contribution in [-0.4, -0.2) is 64.0 Å². The first-order chi connectivity index (χ1) is 20.5. The maximum absolute atomic E-state index is 13.8. The summed E-state index contributed by atoms with van der Waals surface area (Å²) in [5.41, 5.74) is 9.80. The van der Waals surface area contributed by atoms with Crippen LogP contribution in [-0.2, 0) is 20.9 Å². The van der Waals surface area contributed by atoms with Crippen LogP contribution in [0.25, 0.3) is 10.4 Å². The van der Waals surface area contributed by atoms with Gasteiger partial charge in [0, 0.05) is 25.9 Å². The van der Waals surface area contributed by atoms with Crippen molar-refractivity contribution in [1.82, 2.24) is 20.5 Å². The predicted molar refractivity (Wildman–Crippen MR) is 187 cm³/mol. The number of aliphatic hydroxyl groups excluding tert-OH is 1. The fourth-order valence-electron chi connectivity index (χ4n) is 5.50. The van der Waals surface area contributed by atoms with Gasteiger partial charge in [0.25, 0.3) is 0 Å². The Morgan fingerprint density at radius 1 is 1.02 bits per heavy atom. The Labute approximate surface area is 285 Å². The molecule has 0 radical (unpaired) electrons. The molecular weight excluding hydrogens is 633 g/mol. The van der Waals surface area contributed by atoms with E-state index < -0.39 is 23.6 Å². The van der Waals surface area contributed by atoms with Crippen LogP contribution in [0.3, 0.4) is 0 Å². The van der Waals surface area contributed by atoms with E-state index in [1.165, 1.54) is 24.2 Å². The van der Waals surface area contributed by atoms with E-state index >= 15 is 0 Å². The van der Waals surface area contributed by atoms with E-state index in [0.29, 0.717) is 13.0 Å². The maximum atomic E-state index is 13.8. The first-order valence-corrected chi connectivity index (χ1v) is 16.6. The normalized spacial score (nSPS) is 16.8. The zero-order chi connectivity index (χ0) is 31.4. The van der Waals surface area contributed by atoms with Crippen molar-refractivity contribution in [2.75, 3.05) is 13.1 Å². The van der Waals surface area contributed by atoms with Crippen LogP contribution in [0.15, 0.2) is 29.8 Å². The highest BCUT2D eigenvalue weighted by atomic mass is 35.5. The molecule has 0 saturated carbocycles. The van der Waals surface area contributed by atoms with E-state index in [0.717, 1.165) is 60.3 Å². The van der Waals surface area contributed by atoms with Gasteiger partial charge < -0.3 is 26.4 Å². The number of hydrogen-bond acceptors (Lipinski definition) is 7. The molecule has 3 rings (SSSR count). The van der Waals surface area contributed by atoms with E-state index in [-0.39, 0.29) is 55.5 Å². The van der Waals surface area contributed by atoms with Crippen LogP contribution in [0.5, 0.6) is 0 Å². The van der Waals surface area contributed by atoms with E-state index in [1.807, 2.05) is 57.5 Å². The number of thiazole rings is 1. The minimum Gasteiger partial charge on any atom is -0.391 e. The fraction of sp³-hybridized carbons (Fsp3) is 0.636. The number of β-amino-alcohol motifs (C(OH)–C–C–N with tert-alkyl or cyclic N) is 1. The first kappa shape index (κ1) is 40.8. The molecule has 1 aliphatic rings. The van der Waals surface area contributed by atoms with Gasteiger partial charge in [-0.1, -0.05) is 83.6 Å². The van der Waals surface area contributed by atoms with Crippen LogP contribution in [0.4, 0.5) is 0 Å². The smallest absolute Gasteiger partial charge is 0.246 e. The van der Waals surface area contributed by atoms with Crippen molar-refractivity contribution in [3.8, 4) is 10.4 Å². The lowest BCUT2D eigenvalue weighted by molar-refractivity contribution is -0.144. The molecule has 5 N–H and O–H groups in total. The van der Waals surface area contributed by atoms with Crippen molar-refractivity contribution in [2.24, 2.45) is 11.1 Å². The summed E-state index contributed by atoms with van der Waals surface area (Å²) in [7, 11) is 0. The Morgan fingerprint density at radius 2 is 1.62 bits per heavy atom. The van der Waals surface area contributed by atoms with E-state index in [1.54, 1.807) is 11.3 Å². The third kappa shape index (κ3) is 12.8. The third-order valence-electron chi connectivity index (χ3n) is 8.07. The van der Waals surface area contributed by atoms with Gasteiger partial charge in [0.2, 0.25) is 17.7 Å². The van der Waals surface area contributed by atoms with Gasteiger partial charge in [-0.3, -0.25) is 14.4 Å². The summed E-state index contributed by atoms with van der Waals surface area (Å²) < 4.78 is 0. The number of rotatable bonds is 16. The lowest BCUT2D eigenvalue weighted by Crippen LogP contribution is -2.57. The second-order valence-electron chi connectivity index (χ2n) is 12.8. The van der Waals surface area contributed by atoms with Gasteiger partial charge in [0.05, 0.1) is 22.2 Å². The monoisotopic (exact) mass is 685 g/mol. The van der Waals surface area contributed by atoms with E-state index in [2.05, 4.69) is 15.6 Å². The van der Waals surface area contributed by atoms with Crippen LogP contribution in [0, 0.1) is 12.3 Å². The molecule has 1 fully saturated rings. The molecule has 254 valence electrons. The molecule has 45 heavy (non-hydrogen) atoms. The minimum absolute atomic E-state index is 0. The highest BCUT2D eigenvalue weighted by molar-refractivity contribution is 7.13. The number of aryl methyl sites for hydroxylation is 1. The van der Waals surface area contributed by atoms with Gasteiger partial charge in [0.15, 0.2) is 0 Å². The minimum atomic E-state index is -0.800. The molecule has 1 aromatic carbocycles. The zero-order valence-corrected chi connectivity index (χ0v) is 29.6. The van der Waals surface area contributed by atoms with Crippen molar-refractivity contribution >= 4 is 53.9 Å². The summed E-state index contributed by atoms with van der Waals surface area (Å²) in [6.45, 7) is 8.81. The molecule has 2 heterocycles. The SMILES string of the molecule is Cc1ncsc1-c1ccc(CNC(=O)[C@@H]2C[C@@H](O)CN2C(=O)[C@@H](NC(=O)CCCCCCCCCCN)C(C)(C)C)cc1.Cl.Cl. The van der Waals surface area contributed by atoms with Crippen molar-refractivity contribution in [3.05, 3.63) is 41.0 Å². The molecule has 0 spiro atoms. The average molecular weight is 687 g/mol. The molecule has 1 saturated heterocycles. The first-order valence-electron chi connectivity index (χ1n) is 15.8. The molecule has 3 amide bonds. The molecule has 9 nitrogen and oxygen atoms in total. The molecule has 1 aliphatic heterocycles. The number of benzene rings is 1. The van der Waals surface area contributed by atoms with Crippen molar-refractivity contribution in [3.63, 3.8) is 0 Å². The van der Waals surface area contributed by atoms with E-state index in [4.69, 9.17) is 5.73 Å². The highest BCUT2D eigenvalue weighted by Gasteiger charge is 2.44. The van der Waals surface area contributed by atoms with Crippen LogP contribution in [0.1, 0.15) is 96.2 Å². The number of carbonyl (C=O) groups is 3. The molecule has 2 aromatic rings. The molecular formula is C33H53Cl2N5O4S. The van der Waals surface area contributed by atoms with Gasteiger partial charge in [-0.15, -0.1) is 36.2 Å². The van der Waals surface area contributed by atoms with Crippen LogP contribution >= 0.6 is 36.2 Å². The topological polar surface area (TPSA) is 138 Å². The summed E-state index contributed by atoms with van der Waals surface area (Å²) in [6.07, 6.45) is 8.40. The summed E-state index contributed by atoms with van der Waals surface area (Å²) in [5.74, 6) is -0.803. The fourth-order valence-corrected chi connectivity index (χ4v) is 6.32. The quantitative estimate of drug-likeness (QED) is 0.171. The van der Waals surface area contributed by atoms with E-state index in [9.17, 15) is 19.5 Å². The maximum Gasteiger partial charge on any atom is 0.246 e. The number of hydrogen-bond donors (Lipinski definition) is 4. The largest absolute Gasteiger partial charge is 0.391 e. The zero-order valence-electron chi connectivity index (χ0n) is 27.2.